The number of nitrogens with one attached hydrogen (secondary N) is 1. The molecule has 0 bridgehead atoms. The van der Waals surface area contributed by atoms with Gasteiger partial charge >= 0.3 is 0 Å². The minimum Gasteiger partial charge on any atom is -0.372 e. The molecule has 1 aromatic rings. The van der Waals surface area contributed by atoms with Crippen molar-refractivity contribution in [3.63, 3.8) is 0 Å². The van der Waals surface area contributed by atoms with Gasteiger partial charge in [0.2, 0.25) is 11.1 Å². The Labute approximate surface area is 186 Å². The number of anilines is 1. The van der Waals surface area contributed by atoms with E-state index in [9.17, 15) is 9.59 Å². The van der Waals surface area contributed by atoms with Gasteiger partial charge < -0.3 is 9.80 Å². The predicted molar refractivity (Wildman–Crippen MR) is 125 cm³/mol. The summed E-state index contributed by atoms with van der Waals surface area (Å²) in [6.07, 6.45) is 3.92. The molecule has 8 nitrogen and oxygen atoms in total. The molecular weight excluding hydrogens is 412 g/mol. The maximum Gasteiger partial charge on any atom is 0.283 e. The maximum absolute atomic E-state index is 12.6. The third-order valence-corrected chi connectivity index (χ3v) is 6.50. The first-order valence-electron chi connectivity index (χ1n) is 10.6. The van der Waals surface area contributed by atoms with Gasteiger partial charge in [-0.05, 0) is 62.2 Å². The summed E-state index contributed by atoms with van der Waals surface area (Å²) in [5.74, 6) is -0.441. The summed E-state index contributed by atoms with van der Waals surface area (Å²) < 4.78 is 0. The summed E-state index contributed by atoms with van der Waals surface area (Å²) in [6.45, 7) is 7.64. The number of thioether (sulfide) groups is 1. The molecule has 3 aliphatic rings. The fourth-order valence-electron chi connectivity index (χ4n) is 3.85. The lowest BCUT2D eigenvalue weighted by atomic mass is 10.1. The van der Waals surface area contributed by atoms with Gasteiger partial charge in [-0.1, -0.05) is 12.1 Å². The van der Waals surface area contributed by atoms with Crippen LogP contribution in [0.25, 0.3) is 6.08 Å². The molecule has 0 atom stereocenters. The van der Waals surface area contributed by atoms with Gasteiger partial charge in [-0.3, -0.25) is 15.0 Å². The van der Waals surface area contributed by atoms with E-state index in [1.54, 1.807) is 6.08 Å². The molecule has 4 rings (SSSR count). The standard InChI is InChI=1S/C22H26N6O2S/c1-3-26(4-2)16-9-7-15(8-10-16)13-17-20(23)28-22(24-21(17)30)31-18(25-28)14-19(29)27-11-5-6-12-27/h7-10,13,23H,3-6,11-12,14H2,1-2H3. The Morgan fingerprint density at radius 2 is 1.87 bits per heavy atom. The number of hydrazone groups is 1. The number of hydrogen-bond acceptors (Lipinski definition) is 6. The van der Waals surface area contributed by atoms with Crippen molar-refractivity contribution in [1.29, 1.82) is 5.41 Å². The Hall–Kier alpha value is -2.94. The Kier molecular flexibility index (Phi) is 6.22. The van der Waals surface area contributed by atoms with Gasteiger partial charge in [-0.2, -0.15) is 15.1 Å². The molecule has 1 saturated heterocycles. The molecule has 1 N–H and O–H groups in total. The summed E-state index contributed by atoms with van der Waals surface area (Å²) in [4.78, 5) is 33.2. The number of hydrogen-bond donors (Lipinski definition) is 1. The number of likely N-dealkylation sites (tertiary alicyclic amines) is 1. The lowest BCUT2D eigenvalue weighted by Gasteiger charge is -2.21. The van der Waals surface area contributed by atoms with Crippen molar-refractivity contribution in [2.75, 3.05) is 31.1 Å². The van der Waals surface area contributed by atoms with E-state index in [4.69, 9.17) is 5.41 Å². The average molecular weight is 439 g/mol. The van der Waals surface area contributed by atoms with Gasteiger partial charge in [0.05, 0.1) is 12.0 Å². The number of rotatable bonds is 6. The molecule has 162 valence electrons. The van der Waals surface area contributed by atoms with Crippen molar-refractivity contribution < 1.29 is 9.59 Å². The quantitative estimate of drug-likeness (QED) is 0.689. The van der Waals surface area contributed by atoms with Crippen LogP contribution >= 0.6 is 11.8 Å². The normalized spacial score (nSPS) is 19.6. The summed E-state index contributed by atoms with van der Waals surface area (Å²) in [5.41, 5.74) is 2.13. The molecule has 0 radical (unpaired) electrons. The fourth-order valence-corrected chi connectivity index (χ4v) is 4.72. The molecule has 2 amide bonds. The molecule has 0 saturated carbocycles. The number of nitrogens with zero attached hydrogens (tertiary/aromatic N) is 5. The molecule has 31 heavy (non-hydrogen) atoms. The zero-order chi connectivity index (χ0) is 22.0. The van der Waals surface area contributed by atoms with Gasteiger partial charge in [-0.25, -0.2) is 0 Å². The topological polar surface area (TPSA) is 92.4 Å². The molecule has 1 aromatic carbocycles. The third-order valence-electron chi connectivity index (χ3n) is 5.59. The van der Waals surface area contributed by atoms with E-state index >= 15 is 0 Å². The van der Waals surface area contributed by atoms with Crippen molar-refractivity contribution in [3.05, 3.63) is 35.4 Å². The summed E-state index contributed by atoms with van der Waals surface area (Å²) in [5, 5.41) is 15.2. The maximum atomic E-state index is 12.6. The highest BCUT2D eigenvalue weighted by Gasteiger charge is 2.36. The van der Waals surface area contributed by atoms with Crippen molar-refractivity contribution in [1.82, 2.24) is 9.91 Å². The van der Waals surface area contributed by atoms with Gasteiger partial charge in [0.25, 0.3) is 5.91 Å². The third kappa shape index (κ3) is 4.41. The second kappa shape index (κ2) is 9.05. The minimum absolute atomic E-state index is 0.0149. The van der Waals surface area contributed by atoms with E-state index in [2.05, 4.69) is 28.8 Å². The van der Waals surface area contributed by atoms with Crippen LogP contribution in [0.4, 0.5) is 5.69 Å². The smallest absolute Gasteiger partial charge is 0.283 e. The first-order chi connectivity index (χ1) is 15.0. The first-order valence-corrected chi connectivity index (χ1v) is 11.4. The molecule has 0 aliphatic carbocycles. The summed E-state index contributed by atoms with van der Waals surface area (Å²) >= 11 is 1.19. The monoisotopic (exact) mass is 438 g/mol. The largest absolute Gasteiger partial charge is 0.372 e. The van der Waals surface area contributed by atoms with Crippen molar-refractivity contribution in [2.45, 2.75) is 33.1 Å². The summed E-state index contributed by atoms with van der Waals surface area (Å²) in [6, 6.07) is 7.89. The zero-order valence-corrected chi connectivity index (χ0v) is 18.6. The van der Waals surface area contributed by atoms with Crippen LogP contribution in [0.15, 0.2) is 39.9 Å². The van der Waals surface area contributed by atoms with Crippen LogP contribution in [-0.2, 0) is 9.59 Å². The van der Waals surface area contributed by atoms with Gasteiger partial charge in [0.15, 0.2) is 5.84 Å². The zero-order valence-electron chi connectivity index (χ0n) is 17.8. The van der Waals surface area contributed by atoms with Crippen LogP contribution in [0.2, 0.25) is 0 Å². The highest BCUT2D eigenvalue weighted by molar-refractivity contribution is 8.27. The van der Waals surface area contributed by atoms with Crippen LogP contribution in [0.5, 0.6) is 0 Å². The van der Waals surface area contributed by atoms with Gasteiger partial charge in [-0.15, -0.1) is 0 Å². The van der Waals surface area contributed by atoms with Crippen LogP contribution in [0, 0.1) is 5.41 Å². The van der Waals surface area contributed by atoms with Crippen molar-refractivity contribution >= 4 is 51.4 Å². The fraction of sp³-hybridized carbons (Fsp3) is 0.409. The molecule has 0 spiro atoms. The number of carbonyl (C=O) groups is 2. The Morgan fingerprint density at radius 1 is 1.19 bits per heavy atom. The number of benzene rings is 1. The molecular formula is C22H26N6O2S. The molecule has 3 heterocycles. The van der Waals surface area contributed by atoms with Gasteiger partial charge in [0, 0.05) is 31.9 Å². The number of amides is 2. The number of carbonyl (C=O) groups excluding carboxylic acids is 2. The predicted octanol–water partition coefficient (Wildman–Crippen LogP) is 3.16. The minimum atomic E-state index is -0.459. The number of amidine groups is 2. The molecule has 0 aromatic heterocycles. The van der Waals surface area contributed by atoms with E-state index in [0.717, 1.165) is 50.3 Å². The highest BCUT2D eigenvalue weighted by Crippen LogP contribution is 2.30. The van der Waals surface area contributed by atoms with E-state index in [-0.39, 0.29) is 23.7 Å². The van der Waals surface area contributed by atoms with Crippen LogP contribution in [-0.4, -0.2) is 63.9 Å². The lowest BCUT2D eigenvalue weighted by molar-refractivity contribution is -0.128. The van der Waals surface area contributed by atoms with Crippen LogP contribution < -0.4 is 4.90 Å². The van der Waals surface area contributed by atoms with E-state index in [0.29, 0.717) is 10.2 Å². The second-order valence-corrected chi connectivity index (χ2v) is 8.58. The first kappa shape index (κ1) is 21.3. The van der Waals surface area contributed by atoms with E-state index in [1.165, 1.54) is 16.8 Å². The van der Waals surface area contributed by atoms with Crippen LogP contribution in [0.1, 0.15) is 38.7 Å². The van der Waals surface area contributed by atoms with E-state index < -0.39 is 5.91 Å². The van der Waals surface area contributed by atoms with Crippen molar-refractivity contribution in [3.8, 4) is 0 Å². The molecule has 1 fully saturated rings. The second-order valence-electron chi connectivity index (χ2n) is 7.54. The SMILES string of the molecule is CCN(CC)c1ccc(C=C2C(=N)N3N=C(CC(=O)N4CCCC4)SC3=NC2=O)cc1. The highest BCUT2D eigenvalue weighted by atomic mass is 32.2. The summed E-state index contributed by atoms with van der Waals surface area (Å²) in [7, 11) is 0. The van der Waals surface area contributed by atoms with Gasteiger partial charge in [0.1, 0.15) is 5.04 Å². The number of fused-ring (bicyclic) bond motifs is 1. The molecule has 3 aliphatic heterocycles. The molecule has 0 unspecified atom stereocenters. The Bertz CT molecular complexity index is 988. The lowest BCUT2D eigenvalue weighted by Crippen LogP contribution is -2.35. The van der Waals surface area contributed by atoms with Crippen molar-refractivity contribution in [2.24, 2.45) is 10.1 Å². The Balaban J connectivity index is 1.50. The molecule has 9 heteroatoms. The Morgan fingerprint density at radius 3 is 2.52 bits per heavy atom. The number of aliphatic imine (C=N–C) groups is 1. The van der Waals surface area contributed by atoms with E-state index in [1.807, 2.05) is 29.2 Å². The average Bonchev–Trinajstić information content (AvgIpc) is 3.43. The van der Waals surface area contributed by atoms with Crippen LogP contribution in [0.3, 0.4) is 0 Å².